The lowest BCUT2D eigenvalue weighted by molar-refractivity contribution is 0.413. The smallest absolute Gasteiger partial charge is 0.295 e. The molecule has 0 fully saturated rings. The lowest BCUT2D eigenvalue weighted by Crippen LogP contribution is -1.79. The van der Waals surface area contributed by atoms with E-state index in [9.17, 15) is 0 Å². The van der Waals surface area contributed by atoms with Crippen LogP contribution >= 0.6 is 11.3 Å². The molecular formula is C11H9N3O2S. The van der Waals surface area contributed by atoms with Crippen molar-refractivity contribution >= 4 is 11.3 Å². The van der Waals surface area contributed by atoms with Gasteiger partial charge in [0.25, 0.3) is 5.89 Å². The summed E-state index contributed by atoms with van der Waals surface area (Å²) in [6.07, 6.45) is 0. The Morgan fingerprint density at radius 1 is 1.24 bits per heavy atom. The molecule has 5 nitrogen and oxygen atoms in total. The molecule has 0 amide bonds. The largest absolute Gasteiger partial charge is 0.436 e. The summed E-state index contributed by atoms with van der Waals surface area (Å²) < 4.78 is 10.6. The van der Waals surface area contributed by atoms with Crippen LogP contribution in [-0.2, 0) is 0 Å². The molecule has 0 aliphatic heterocycles. The van der Waals surface area contributed by atoms with Crippen molar-refractivity contribution in [3.8, 4) is 23.0 Å². The van der Waals surface area contributed by atoms with Crippen LogP contribution in [0.2, 0.25) is 0 Å². The minimum absolute atomic E-state index is 0.365. The van der Waals surface area contributed by atoms with Crippen molar-refractivity contribution in [2.24, 2.45) is 0 Å². The van der Waals surface area contributed by atoms with Crippen molar-refractivity contribution in [1.82, 2.24) is 15.1 Å². The van der Waals surface area contributed by atoms with Crippen LogP contribution in [0.25, 0.3) is 23.0 Å². The van der Waals surface area contributed by atoms with Gasteiger partial charge < -0.3 is 8.94 Å². The predicted molar refractivity (Wildman–Crippen MR) is 62.6 cm³/mol. The summed E-state index contributed by atoms with van der Waals surface area (Å²) in [5.74, 6) is 2.06. The fourth-order valence-corrected chi connectivity index (χ4v) is 2.19. The molecule has 0 radical (unpaired) electrons. The number of oxazole rings is 1. The number of hydrogen-bond acceptors (Lipinski definition) is 6. The second kappa shape index (κ2) is 3.81. The molecule has 0 unspecified atom stereocenters. The van der Waals surface area contributed by atoms with E-state index in [2.05, 4.69) is 15.1 Å². The Morgan fingerprint density at radius 2 is 2.12 bits per heavy atom. The minimum Gasteiger partial charge on any atom is -0.436 e. The Kier molecular flexibility index (Phi) is 2.29. The van der Waals surface area contributed by atoms with E-state index in [4.69, 9.17) is 8.94 Å². The number of rotatable bonds is 2. The van der Waals surface area contributed by atoms with Crippen molar-refractivity contribution in [2.75, 3.05) is 0 Å². The van der Waals surface area contributed by atoms with Crippen LogP contribution in [0.4, 0.5) is 0 Å². The van der Waals surface area contributed by atoms with Crippen LogP contribution in [0.5, 0.6) is 0 Å². The minimum atomic E-state index is 0.365. The normalized spacial score (nSPS) is 10.9. The fourth-order valence-electron chi connectivity index (χ4n) is 1.55. The molecule has 0 saturated heterocycles. The molecule has 0 spiro atoms. The van der Waals surface area contributed by atoms with Gasteiger partial charge in [0.05, 0.1) is 5.69 Å². The third kappa shape index (κ3) is 1.76. The Hall–Kier alpha value is -1.95. The van der Waals surface area contributed by atoms with Gasteiger partial charge in [0.2, 0.25) is 11.6 Å². The Morgan fingerprint density at radius 3 is 2.76 bits per heavy atom. The quantitative estimate of drug-likeness (QED) is 0.696. The lowest BCUT2D eigenvalue weighted by Gasteiger charge is -1.86. The van der Waals surface area contributed by atoms with E-state index in [0.717, 1.165) is 11.3 Å². The molecule has 0 aliphatic rings. The molecule has 0 atom stereocenters. The Labute approximate surface area is 101 Å². The van der Waals surface area contributed by atoms with E-state index in [1.165, 1.54) is 0 Å². The van der Waals surface area contributed by atoms with E-state index < -0.39 is 0 Å². The maximum atomic E-state index is 5.43. The summed E-state index contributed by atoms with van der Waals surface area (Å²) in [6, 6.07) is 1.94. The zero-order valence-electron chi connectivity index (χ0n) is 9.30. The summed E-state index contributed by atoms with van der Waals surface area (Å²) in [5.41, 5.74) is 1.70. The molecule has 6 heteroatoms. The van der Waals surface area contributed by atoms with E-state index >= 15 is 0 Å². The third-order valence-electron chi connectivity index (χ3n) is 2.30. The van der Waals surface area contributed by atoms with Gasteiger partial charge in [0.1, 0.15) is 0 Å². The zero-order chi connectivity index (χ0) is 11.8. The average Bonchev–Trinajstić information content (AvgIpc) is 2.97. The van der Waals surface area contributed by atoms with E-state index in [0.29, 0.717) is 23.4 Å². The Balaban J connectivity index is 2.03. The highest BCUT2D eigenvalue weighted by Gasteiger charge is 2.17. The van der Waals surface area contributed by atoms with Crippen molar-refractivity contribution in [3.05, 3.63) is 28.4 Å². The molecule has 0 N–H and O–H groups in total. The second-order valence-electron chi connectivity index (χ2n) is 3.58. The second-order valence-corrected chi connectivity index (χ2v) is 4.36. The first kappa shape index (κ1) is 10.2. The summed E-state index contributed by atoms with van der Waals surface area (Å²) in [5, 5.41) is 7.85. The SMILES string of the molecule is Cc1nc(C)c(-c2nc(-c3ccsc3)no2)o1. The lowest BCUT2D eigenvalue weighted by atomic mass is 10.3. The summed E-state index contributed by atoms with van der Waals surface area (Å²) in [7, 11) is 0. The molecule has 3 rings (SSSR count). The molecule has 3 aromatic rings. The highest BCUT2D eigenvalue weighted by Crippen LogP contribution is 2.26. The standard InChI is InChI=1S/C11H9N3O2S/c1-6-9(15-7(2)12-6)11-13-10(14-16-11)8-3-4-17-5-8/h3-5H,1-2H3. The van der Waals surface area contributed by atoms with Gasteiger partial charge in [-0.2, -0.15) is 16.3 Å². The Bertz CT molecular complexity index is 640. The number of thiophene rings is 1. The fraction of sp³-hybridized carbons (Fsp3) is 0.182. The molecule has 17 heavy (non-hydrogen) atoms. The van der Waals surface area contributed by atoms with Crippen LogP contribution in [0, 0.1) is 13.8 Å². The molecule has 0 saturated carbocycles. The van der Waals surface area contributed by atoms with Crippen LogP contribution < -0.4 is 0 Å². The highest BCUT2D eigenvalue weighted by molar-refractivity contribution is 7.08. The van der Waals surface area contributed by atoms with Crippen LogP contribution in [0.3, 0.4) is 0 Å². The topological polar surface area (TPSA) is 65.0 Å². The highest BCUT2D eigenvalue weighted by atomic mass is 32.1. The van der Waals surface area contributed by atoms with Crippen molar-refractivity contribution in [2.45, 2.75) is 13.8 Å². The van der Waals surface area contributed by atoms with Gasteiger partial charge in [-0.15, -0.1) is 0 Å². The number of aryl methyl sites for hydroxylation is 2. The molecule has 0 bridgehead atoms. The molecule has 3 aromatic heterocycles. The number of nitrogens with zero attached hydrogens (tertiary/aromatic N) is 3. The summed E-state index contributed by atoms with van der Waals surface area (Å²) >= 11 is 1.59. The van der Waals surface area contributed by atoms with Gasteiger partial charge >= 0.3 is 0 Å². The zero-order valence-corrected chi connectivity index (χ0v) is 10.1. The molecule has 0 aliphatic carbocycles. The van der Waals surface area contributed by atoms with Crippen LogP contribution in [-0.4, -0.2) is 15.1 Å². The van der Waals surface area contributed by atoms with Crippen LogP contribution in [0.1, 0.15) is 11.6 Å². The van der Waals surface area contributed by atoms with Gasteiger partial charge in [-0.25, -0.2) is 4.98 Å². The van der Waals surface area contributed by atoms with E-state index in [1.807, 2.05) is 23.8 Å². The molecule has 86 valence electrons. The van der Waals surface area contributed by atoms with E-state index in [-0.39, 0.29) is 0 Å². The van der Waals surface area contributed by atoms with Crippen molar-refractivity contribution < 1.29 is 8.94 Å². The van der Waals surface area contributed by atoms with Gasteiger partial charge in [-0.05, 0) is 18.4 Å². The van der Waals surface area contributed by atoms with Gasteiger partial charge in [-0.3, -0.25) is 0 Å². The number of aromatic nitrogens is 3. The van der Waals surface area contributed by atoms with Crippen molar-refractivity contribution in [3.63, 3.8) is 0 Å². The summed E-state index contributed by atoms with van der Waals surface area (Å²) in [4.78, 5) is 8.46. The molecule has 3 heterocycles. The third-order valence-corrected chi connectivity index (χ3v) is 2.99. The maximum Gasteiger partial charge on any atom is 0.295 e. The average molecular weight is 247 g/mol. The van der Waals surface area contributed by atoms with Gasteiger partial charge in [0.15, 0.2) is 5.89 Å². The first-order chi connectivity index (χ1) is 8.24. The van der Waals surface area contributed by atoms with Gasteiger partial charge in [0, 0.05) is 17.9 Å². The first-order valence-corrected chi connectivity index (χ1v) is 5.99. The maximum absolute atomic E-state index is 5.43. The molecule has 0 aromatic carbocycles. The first-order valence-electron chi connectivity index (χ1n) is 5.05. The molecular weight excluding hydrogens is 238 g/mol. The monoisotopic (exact) mass is 247 g/mol. The predicted octanol–water partition coefficient (Wildman–Crippen LogP) is 3.07. The van der Waals surface area contributed by atoms with Gasteiger partial charge in [-0.1, -0.05) is 5.16 Å². The number of hydrogen-bond donors (Lipinski definition) is 0. The summed E-state index contributed by atoms with van der Waals surface area (Å²) in [6.45, 7) is 3.63. The van der Waals surface area contributed by atoms with Crippen molar-refractivity contribution in [1.29, 1.82) is 0 Å². The van der Waals surface area contributed by atoms with E-state index in [1.54, 1.807) is 18.3 Å². The van der Waals surface area contributed by atoms with Crippen LogP contribution in [0.15, 0.2) is 25.8 Å².